The van der Waals surface area contributed by atoms with E-state index in [4.69, 9.17) is 8.85 Å². The van der Waals surface area contributed by atoms with Crippen LogP contribution in [0.3, 0.4) is 0 Å². The van der Waals surface area contributed by atoms with Gasteiger partial charge in [-0.3, -0.25) is 0 Å². The van der Waals surface area contributed by atoms with E-state index < -0.39 is 9.28 Å². The molecule has 0 aliphatic heterocycles. The molecule has 0 amide bonds. The van der Waals surface area contributed by atoms with Gasteiger partial charge in [-0.25, -0.2) is 0 Å². The monoisotopic (exact) mass is 209 g/mol. The molecule has 0 fully saturated rings. The number of hydrogen-bond acceptors (Lipinski definition) is 2. The molecule has 0 aliphatic carbocycles. The van der Waals surface area contributed by atoms with Crippen LogP contribution in [0, 0.1) is 0 Å². The lowest BCUT2D eigenvalue weighted by molar-refractivity contribution is 0.250. The van der Waals surface area contributed by atoms with Crippen molar-refractivity contribution >= 4 is 9.28 Å². The van der Waals surface area contributed by atoms with Crippen molar-refractivity contribution in [2.24, 2.45) is 0 Å². The summed E-state index contributed by atoms with van der Waals surface area (Å²) < 4.78 is 10.8. The summed E-state index contributed by atoms with van der Waals surface area (Å²) in [6.07, 6.45) is 0. The van der Waals surface area contributed by atoms with Gasteiger partial charge in [0.2, 0.25) is 0 Å². The second-order valence-corrected chi connectivity index (χ2v) is 6.33. The molecule has 0 aromatic heterocycles. The molecule has 3 heteroatoms. The Morgan fingerprint density at radius 3 is 1.93 bits per heavy atom. The van der Waals surface area contributed by atoms with Gasteiger partial charge in [0.1, 0.15) is 0 Å². The molecular weight excluding hydrogens is 192 g/mol. The Morgan fingerprint density at radius 2 is 1.50 bits per heavy atom. The highest BCUT2D eigenvalue weighted by molar-refractivity contribution is 6.48. The van der Waals surface area contributed by atoms with Gasteiger partial charge in [0, 0.05) is 19.3 Å². The number of benzene rings is 1. The van der Waals surface area contributed by atoms with E-state index in [0.29, 0.717) is 0 Å². The molecule has 1 aromatic rings. The minimum Gasteiger partial charge on any atom is -0.396 e. The van der Waals surface area contributed by atoms with Crippen LogP contribution < -0.4 is 0 Å². The van der Waals surface area contributed by atoms with Crippen LogP contribution in [0.25, 0.3) is 0 Å². The maximum absolute atomic E-state index is 5.40. The third-order valence-corrected chi connectivity index (χ3v) is 4.43. The van der Waals surface area contributed by atoms with Crippen molar-refractivity contribution in [2.75, 3.05) is 14.2 Å². The lowest BCUT2D eigenvalue weighted by Crippen LogP contribution is -2.41. The largest absolute Gasteiger partial charge is 0.396 e. The van der Waals surface area contributed by atoms with Gasteiger partial charge < -0.3 is 8.85 Å². The first kappa shape index (κ1) is 11.4. The van der Waals surface area contributed by atoms with E-state index in [0.717, 1.165) is 0 Å². The average molecular weight is 209 g/mol. The summed E-state index contributed by atoms with van der Waals surface area (Å²) in [6.45, 7) is 4.31. The van der Waals surface area contributed by atoms with Gasteiger partial charge in [-0.15, -0.1) is 0 Å². The quantitative estimate of drug-likeness (QED) is 0.708. The fourth-order valence-electron chi connectivity index (χ4n) is 1.57. The molecule has 0 N–H and O–H groups in total. The predicted octanol–water partition coefficient (Wildman–Crippen LogP) is 2.28. The first-order valence-corrected chi connectivity index (χ1v) is 5.95. The zero-order valence-corrected chi connectivity index (χ0v) is 10.2. The predicted molar refractivity (Wildman–Crippen MR) is 59.2 cm³/mol. The summed E-state index contributed by atoms with van der Waals surface area (Å²) in [7, 11) is 2.17. The Morgan fingerprint density at radius 1 is 1.00 bits per heavy atom. The van der Waals surface area contributed by atoms with Gasteiger partial charge in [0.15, 0.2) is 0 Å². The molecule has 0 unspecified atom stereocenters. The Bertz CT molecular complexity index is 268. The molecular formula is C11H17O2Si. The Labute approximate surface area is 87.7 Å². The van der Waals surface area contributed by atoms with Crippen LogP contribution in [0.4, 0.5) is 0 Å². The van der Waals surface area contributed by atoms with Gasteiger partial charge in [-0.2, -0.15) is 0 Å². The Balaban J connectivity index is 2.94. The summed E-state index contributed by atoms with van der Waals surface area (Å²) in [4.78, 5) is 0. The molecule has 0 saturated heterocycles. The molecule has 1 radical (unpaired) electrons. The minimum absolute atomic E-state index is 0.0323. The van der Waals surface area contributed by atoms with E-state index in [1.165, 1.54) is 5.56 Å². The van der Waals surface area contributed by atoms with Crippen molar-refractivity contribution in [2.45, 2.75) is 18.9 Å². The van der Waals surface area contributed by atoms with Gasteiger partial charge in [0.25, 0.3) is 0 Å². The van der Waals surface area contributed by atoms with Crippen LogP contribution in [0.5, 0.6) is 0 Å². The van der Waals surface area contributed by atoms with E-state index in [1.807, 2.05) is 18.2 Å². The van der Waals surface area contributed by atoms with Gasteiger partial charge in [0.05, 0.1) is 0 Å². The summed E-state index contributed by atoms with van der Waals surface area (Å²) >= 11 is 0. The first-order chi connectivity index (χ1) is 6.62. The number of hydrogen-bond donors (Lipinski definition) is 0. The van der Waals surface area contributed by atoms with Gasteiger partial charge in [-0.1, -0.05) is 44.2 Å². The van der Waals surface area contributed by atoms with E-state index in [9.17, 15) is 0 Å². The second kappa shape index (κ2) is 4.73. The SMILES string of the molecule is CO[Si](OC)C(C)(C)c1ccccc1. The molecule has 0 atom stereocenters. The highest BCUT2D eigenvalue weighted by atomic mass is 28.3. The van der Waals surface area contributed by atoms with Crippen molar-refractivity contribution in [1.29, 1.82) is 0 Å². The van der Waals surface area contributed by atoms with E-state index in [1.54, 1.807) is 14.2 Å². The second-order valence-electron chi connectivity index (χ2n) is 3.69. The van der Waals surface area contributed by atoms with E-state index in [2.05, 4.69) is 26.0 Å². The molecule has 0 aliphatic rings. The van der Waals surface area contributed by atoms with Crippen LogP contribution in [0.2, 0.25) is 0 Å². The third-order valence-electron chi connectivity index (χ3n) is 2.38. The summed E-state index contributed by atoms with van der Waals surface area (Å²) in [5.41, 5.74) is 1.26. The average Bonchev–Trinajstić information content (AvgIpc) is 2.20. The van der Waals surface area contributed by atoms with Crippen LogP contribution in [-0.4, -0.2) is 23.5 Å². The molecule has 1 aromatic carbocycles. The van der Waals surface area contributed by atoms with Gasteiger partial charge >= 0.3 is 9.28 Å². The van der Waals surface area contributed by atoms with E-state index in [-0.39, 0.29) is 5.04 Å². The maximum Gasteiger partial charge on any atom is 0.395 e. The molecule has 2 nitrogen and oxygen atoms in total. The standard InChI is InChI=1S/C11H17O2Si/c1-11(2,14(12-3)13-4)10-8-6-5-7-9-10/h5-9H,1-4H3. The van der Waals surface area contributed by atoms with Crippen molar-refractivity contribution in [1.82, 2.24) is 0 Å². The molecule has 0 spiro atoms. The highest BCUT2D eigenvalue weighted by Gasteiger charge is 2.36. The summed E-state index contributed by atoms with van der Waals surface area (Å²) in [5, 5.41) is -0.0323. The van der Waals surface area contributed by atoms with Crippen LogP contribution >= 0.6 is 0 Å². The zero-order chi connectivity index (χ0) is 10.6. The fraction of sp³-hybridized carbons (Fsp3) is 0.455. The smallest absolute Gasteiger partial charge is 0.395 e. The topological polar surface area (TPSA) is 18.5 Å². The molecule has 77 valence electrons. The maximum atomic E-state index is 5.40. The van der Waals surface area contributed by atoms with Crippen LogP contribution in [-0.2, 0) is 13.9 Å². The van der Waals surface area contributed by atoms with Crippen molar-refractivity contribution in [3.8, 4) is 0 Å². The summed E-state index contributed by atoms with van der Waals surface area (Å²) in [5.74, 6) is 0. The summed E-state index contributed by atoms with van der Waals surface area (Å²) in [6, 6.07) is 10.3. The number of rotatable bonds is 4. The third kappa shape index (κ3) is 2.23. The van der Waals surface area contributed by atoms with Crippen molar-refractivity contribution in [3.63, 3.8) is 0 Å². The Hall–Kier alpha value is -0.643. The van der Waals surface area contributed by atoms with Crippen LogP contribution in [0.15, 0.2) is 30.3 Å². The molecule has 0 saturated carbocycles. The fourth-order valence-corrected chi connectivity index (χ4v) is 3.16. The Kier molecular flexibility index (Phi) is 3.86. The molecule has 14 heavy (non-hydrogen) atoms. The zero-order valence-electron chi connectivity index (χ0n) is 9.20. The van der Waals surface area contributed by atoms with Crippen LogP contribution in [0.1, 0.15) is 19.4 Å². The highest BCUT2D eigenvalue weighted by Crippen LogP contribution is 2.26. The minimum atomic E-state index is -1.25. The van der Waals surface area contributed by atoms with Gasteiger partial charge in [-0.05, 0) is 5.56 Å². The lowest BCUT2D eigenvalue weighted by atomic mass is 10.0. The first-order valence-electron chi connectivity index (χ1n) is 4.64. The molecule has 0 bridgehead atoms. The van der Waals surface area contributed by atoms with E-state index >= 15 is 0 Å². The van der Waals surface area contributed by atoms with Crippen molar-refractivity contribution in [3.05, 3.63) is 35.9 Å². The lowest BCUT2D eigenvalue weighted by Gasteiger charge is -2.28. The van der Waals surface area contributed by atoms with Crippen molar-refractivity contribution < 1.29 is 8.85 Å². The normalized spacial score (nSPS) is 12.1. The molecule has 0 heterocycles. The molecule has 1 rings (SSSR count).